The van der Waals surface area contributed by atoms with Gasteiger partial charge in [-0.2, -0.15) is 0 Å². The largest absolute Gasteiger partial charge is 0.307 e. The predicted molar refractivity (Wildman–Crippen MR) is 102 cm³/mol. The number of dihydropyridines is 1. The zero-order valence-corrected chi connectivity index (χ0v) is 13.5. The molecule has 0 N–H and O–H groups in total. The lowest BCUT2D eigenvalue weighted by Crippen LogP contribution is -2.23. The molecule has 25 heavy (non-hydrogen) atoms. The Morgan fingerprint density at radius 2 is 1.56 bits per heavy atom. The molecule has 118 valence electrons. The smallest absolute Gasteiger partial charge is 0.142 e. The minimum atomic E-state index is 0.0552. The first-order valence-electron chi connectivity index (χ1n) is 8.60. The topological polar surface area (TPSA) is 30.2 Å². The average Bonchev–Trinajstić information content (AvgIpc) is 3.17. The summed E-state index contributed by atoms with van der Waals surface area (Å²) in [5.41, 5.74) is 2.61. The van der Waals surface area contributed by atoms with E-state index in [0.717, 1.165) is 5.82 Å². The number of benzene rings is 3. The van der Waals surface area contributed by atoms with E-state index < -0.39 is 0 Å². The van der Waals surface area contributed by atoms with Crippen molar-refractivity contribution in [1.82, 2.24) is 9.55 Å². The van der Waals surface area contributed by atoms with Crippen LogP contribution in [0.5, 0.6) is 0 Å². The molecular weight excluding hydrogens is 306 g/mol. The monoisotopic (exact) mass is 321 g/mol. The molecule has 0 saturated heterocycles. The molecule has 2 unspecified atom stereocenters. The van der Waals surface area contributed by atoms with Crippen LogP contribution < -0.4 is 0 Å². The van der Waals surface area contributed by atoms with Gasteiger partial charge in [-0.1, -0.05) is 54.6 Å². The van der Waals surface area contributed by atoms with Gasteiger partial charge in [-0.05, 0) is 33.2 Å². The average molecular weight is 321 g/mol. The molecule has 3 heterocycles. The molecule has 0 fully saturated rings. The second kappa shape index (κ2) is 4.67. The summed E-state index contributed by atoms with van der Waals surface area (Å²) in [6.07, 6.45) is 10.2. The van der Waals surface area contributed by atoms with E-state index in [1.165, 1.54) is 32.7 Å². The number of imidazole rings is 1. The van der Waals surface area contributed by atoms with Gasteiger partial charge in [-0.25, -0.2) is 4.98 Å². The van der Waals surface area contributed by atoms with Crippen LogP contribution in [0.25, 0.3) is 32.9 Å². The summed E-state index contributed by atoms with van der Waals surface area (Å²) in [5.74, 6) is 1.25. The third kappa shape index (κ3) is 1.60. The fourth-order valence-electron chi connectivity index (χ4n) is 4.47. The molecule has 0 amide bonds. The van der Waals surface area contributed by atoms with E-state index in [1.54, 1.807) is 0 Å². The van der Waals surface area contributed by atoms with Crippen molar-refractivity contribution in [2.24, 2.45) is 4.99 Å². The Morgan fingerprint density at radius 3 is 2.40 bits per heavy atom. The lowest BCUT2D eigenvalue weighted by atomic mass is 9.80. The van der Waals surface area contributed by atoms with Gasteiger partial charge in [0, 0.05) is 30.1 Å². The lowest BCUT2D eigenvalue weighted by molar-refractivity contribution is 0.471. The Kier molecular flexibility index (Phi) is 2.45. The second-order valence-corrected chi connectivity index (χ2v) is 6.66. The van der Waals surface area contributed by atoms with Crippen molar-refractivity contribution in [3.05, 3.63) is 78.6 Å². The number of allylic oxidation sites excluding steroid dienone is 1. The molecule has 3 nitrogen and oxygen atoms in total. The fraction of sp³-hybridized carbons (Fsp3) is 0.0909. The summed E-state index contributed by atoms with van der Waals surface area (Å²) in [4.78, 5) is 9.47. The number of fused-ring (bicyclic) bond motifs is 11. The molecule has 0 aliphatic carbocycles. The zero-order valence-electron chi connectivity index (χ0n) is 13.5. The maximum absolute atomic E-state index is 4.76. The Labute approximate surface area is 145 Å². The molecule has 3 aromatic carbocycles. The first-order valence-corrected chi connectivity index (χ1v) is 8.60. The van der Waals surface area contributed by atoms with Crippen LogP contribution in [0.4, 0.5) is 0 Å². The highest BCUT2D eigenvalue weighted by Crippen LogP contribution is 2.50. The van der Waals surface area contributed by atoms with Crippen LogP contribution >= 0.6 is 0 Å². The van der Waals surface area contributed by atoms with Crippen LogP contribution in [0.3, 0.4) is 0 Å². The molecule has 2 aliphatic heterocycles. The van der Waals surface area contributed by atoms with Gasteiger partial charge in [0.25, 0.3) is 0 Å². The molecule has 6 rings (SSSR count). The Morgan fingerprint density at radius 1 is 0.840 bits per heavy atom. The maximum atomic E-state index is 4.76. The number of aromatic nitrogens is 2. The minimum absolute atomic E-state index is 0.0552. The first-order chi connectivity index (χ1) is 12.4. The van der Waals surface area contributed by atoms with Gasteiger partial charge in [0.1, 0.15) is 12.0 Å². The van der Waals surface area contributed by atoms with Crippen LogP contribution in [0, 0.1) is 0 Å². The van der Waals surface area contributed by atoms with E-state index in [0.29, 0.717) is 0 Å². The highest BCUT2D eigenvalue weighted by molar-refractivity contribution is 6.16. The molecule has 3 heteroatoms. The molecule has 2 atom stereocenters. The van der Waals surface area contributed by atoms with E-state index in [-0.39, 0.29) is 12.1 Å². The van der Waals surface area contributed by atoms with Crippen molar-refractivity contribution < 1.29 is 0 Å². The quantitative estimate of drug-likeness (QED) is 0.415. The van der Waals surface area contributed by atoms with Crippen molar-refractivity contribution >= 4 is 27.8 Å². The van der Waals surface area contributed by atoms with Crippen LogP contribution in [0.2, 0.25) is 0 Å². The summed E-state index contributed by atoms with van der Waals surface area (Å²) in [6, 6.07) is 17.4. The summed E-state index contributed by atoms with van der Waals surface area (Å²) in [7, 11) is 0. The molecule has 0 spiro atoms. The van der Waals surface area contributed by atoms with Gasteiger partial charge in [0.05, 0.1) is 0 Å². The van der Waals surface area contributed by atoms with Crippen LogP contribution in [-0.2, 0) is 0 Å². The molecule has 0 radical (unpaired) electrons. The highest BCUT2D eigenvalue weighted by Gasteiger charge is 2.35. The normalized spacial score (nSPS) is 20.5. The first kappa shape index (κ1) is 13.1. The third-order valence-electron chi connectivity index (χ3n) is 5.45. The SMILES string of the molecule is C1=CC2c3c(c4ccccc4c4ccccc34)-c3nccn3C2N=C1. The van der Waals surface area contributed by atoms with Crippen molar-refractivity contribution in [1.29, 1.82) is 0 Å². The van der Waals surface area contributed by atoms with Crippen LogP contribution in [-0.4, -0.2) is 15.8 Å². The zero-order chi connectivity index (χ0) is 16.4. The van der Waals surface area contributed by atoms with Gasteiger partial charge >= 0.3 is 0 Å². The molecule has 4 aromatic rings. The van der Waals surface area contributed by atoms with E-state index >= 15 is 0 Å². The van der Waals surface area contributed by atoms with Crippen molar-refractivity contribution in [2.75, 3.05) is 0 Å². The summed E-state index contributed by atoms with van der Waals surface area (Å²) >= 11 is 0. The highest BCUT2D eigenvalue weighted by atomic mass is 15.2. The third-order valence-corrected chi connectivity index (χ3v) is 5.45. The molecule has 1 aromatic heterocycles. The van der Waals surface area contributed by atoms with Gasteiger partial charge in [0.15, 0.2) is 0 Å². The van der Waals surface area contributed by atoms with Gasteiger partial charge in [-0.3, -0.25) is 4.99 Å². The lowest BCUT2D eigenvalue weighted by Gasteiger charge is -2.34. The fourth-order valence-corrected chi connectivity index (χ4v) is 4.47. The molecule has 2 aliphatic rings. The van der Waals surface area contributed by atoms with Gasteiger partial charge in [0.2, 0.25) is 0 Å². The molecule has 0 saturated carbocycles. The summed E-state index contributed by atoms with van der Waals surface area (Å²) in [6.45, 7) is 0. The van der Waals surface area contributed by atoms with Crippen molar-refractivity contribution in [3.63, 3.8) is 0 Å². The van der Waals surface area contributed by atoms with E-state index in [1.807, 2.05) is 12.4 Å². The molecule has 0 bridgehead atoms. The van der Waals surface area contributed by atoms with Gasteiger partial charge in [-0.15, -0.1) is 0 Å². The Balaban J connectivity index is 1.89. The Hall–Kier alpha value is -3.20. The number of hydrogen-bond donors (Lipinski definition) is 0. The van der Waals surface area contributed by atoms with E-state index in [4.69, 9.17) is 9.98 Å². The van der Waals surface area contributed by atoms with E-state index in [9.17, 15) is 0 Å². The number of aliphatic imine (C=N–C) groups is 1. The maximum Gasteiger partial charge on any atom is 0.142 e. The second-order valence-electron chi connectivity index (χ2n) is 6.66. The van der Waals surface area contributed by atoms with Gasteiger partial charge < -0.3 is 4.57 Å². The molecular formula is C22H15N3. The number of rotatable bonds is 0. The summed E-state index contributed by atoms with van der Waals surface area (Å²) < 4.78 is 2.22. The number of hydrogen-bond acceptors (Lipinski definition) is 2. The predicted octanol–water partition coefficient (Wildman–Crippen LogP) is 5.09. The minimum Gasteiger partial charge on any atom is -0.307 e. The van der Waals surface area contributed by atoms with Crippen LogP contribution in [0.15, 0.2) is 78.1 Å². The number of nitrogens with zero attached hydrogens (tertiary/aromatic N) is 3. The van der Waals surface area contributed by atoms with E-state index in [2.05, 4.69) is 71.4 Å². The van der Waals surface area contributed by atoms with Crippen molar-refractivity contribution in [3.8, 4) is 11.4 Å². The Bertz CT molecular complexity index is 1210. The van der Waals surface area contributed by atoms with Crippen LogP contribution in [0.1, 0.15) is 17.6 Å². The standard InChI is InChI=1S/C22H15N3/c1-3-8-16-14(6-1)15-7-2-4-9-17(15)20-19(16)18-10-5-11-23-21(18)25-13-12-24-22(20)25/h1-13,18,21H. The summed E-state index contributed by atoms with van der Waals surface area (Å²) in [5, 5.41) is 5.17. The van der Waals surface area contributed by atoms with Crippen molar-refractivity contribution in [2.45, 2.75) is 12.1 Å².